The van der Waals surface area contributed by atoms with Crippen molar-refractivity contribution in [1.29, 1.82) is 0 Å². The number of ketones is 1. The summed E-state index contributed by atoms with van der Waals surface area (Å²) in [7, 11) is 0. The van der Waals surface area contributed by atoms with Crippen LogP contribution in [0.25, 0.3) is 0 Å². The quantitative estimate of drug-likeness (QED) is 0.826. The molecule has 114 valence electrons. The number of piperidine rings is 1. The van der Waals surface area contributed by atoms with Gasteiger partial charge in [0.15, 0.2) is 11.8 Å². The van der Waals surface area contributed by atoms with Crippen LogP contribution >= 0.6 is 0 Å². The van der Waals surface area contributed by atoms with E-state index in [0.29, 0.717) is 17.2 Å². The van der Waals surface area contributed by atoms with Crippen molar-refractivity contribution in [1.82, 2.24) is 0 Å². The van der Waals surface area contributed by atoms with E-state index in [1.165, 1.54) is 24.7 Å². The van der Waals surface area contributed by atoms with Crippen molar-refractivity contribution in [2.45, 2.75) is 39.7 Å². The van der Waals surface area contributed by atoms with Gasteiger partial charge in [-0.1, -0.05) is 19.1 Å². The number of nitrogens with one attached hydrogen (secondary N) is 2. The maximum atomic E-state index is 12.4. The summed E-state index contributed by atoms with van der Waals surface area (Å²) >= 11 is 0. The molecule has 1 unspecified atom stereocenters. The van der Waals surface area contributed by atoms with E-state index in [0.717, 1.165) is 13.1 Å². The topological polar surface area (TPSA) is 50.6 Å². The zero-order chi connectivity index (χ0) is 15.4. The molecule has 1 aromatic carbocycles. The van der Waals surface area contributed by atoms with Crippen LogP contribution < -0.4 is 10.2 Å². The van der Waals surface area contributed by atoms with Gasteiger partial charge in [-0.05, 0) is 38.8 Å². The molecule has 1 aliphatic rings. The Morgan fingerprint density at radius 3 is 2.71 bits per heavy atom. The van der Waals surface area contributed by atoms with Gasteiger partial charge in [-0.3, -0.25) is 9.59 Å². The number of rotatable bonds is 4. The predicted octanol–water partition coefficient (Wildman–Crippen LogP) is 1.53. The summed E-state index contributed by atoms with van der Waals surface area (Å²) in [6, 6.07) is 7.09. The highest BCUT2D eigenvalue weighted by Crippen LogP contribution is 2.15. The average molecular weight is 289 g/mol. The molecule has 21 heavy (non-hydrogen) atoms. The number of carbonyl (C=O) groups is 2. The molecule has 0 spiro atoms. The van der Waals surface area contributed by atoms with E-state index in [9.17, 15) is 9.59 Å². The van der Waals surface area contributed by atoms with Crippen molar-refractivity contribution in [2.75, 3.05) is 18.4 Å². The second-order valence-corrected chi connectivity index (χ2v) is 6.17. The van der Waals surface area contributed by atoms with E-state index in [4.69, 9.17) is 0 Å². The van der Waals surface area contributed by atoms with Gasteiger partial charge in [0.1, 0.15) is 0 Å². The van der Waals surface area contributed by atoms with Gasteiger partial charge in [0, 0.05) is 11.5 Å². The van der Waals surface area contributed by atoms with E-state index < -0.39 is 0 Å². The van der Waals surface area contributed by atoms with E-state index >= 15 is 0 Å². The Bertz CT molecular complexity index is 527. The summed E-state index contributed by atoms with van der Waals surface area (Å²) in [6.45, 7) is 7.83. The first-order valence-corrected chi connectivity index (χ1v) is 7.74. The van der Waals surface area contributed by atoms with Crippen LogP contribution in [0.1, 0.15) is 44.0 Å². The third kappa shape index (κ3) is 3.91. The fraction of sp³-hybridized carbons (Fsp3) is 0.529. The van der Waals surface area contributed by atoms with Gasteiger partial charge in [0.05, 0.1) is 18.8 Å². The zero-order valence-electron chi connectivity index (χ0n) is 13.1. The number of hydrogen-bond acceptors (Lipinski definition) is 2. The van der Waals surface area contributed by atoms with Gasteiger partial charge in [0.25, 0.3) is 5.91 Å². The van der Waals surface area contributed by atoms with E-state index in [-0.39, 0.29) is 17.7 Å². The number of Topliss-reactive ketones (excluding diaryl/α,β-unsaturated/α-hetero) is 1. The van der Waals surface area contributed by atoms with Gasteiger partial charge in [0.2, 0.25) is 0 Å². The number of hydrogen-bond donors (Lipinski definition) is 2. The summed E-state index contributed by atoms with van der Waals surface area (Å²) in [5, 5.41) is 2.92. The summed E-state index contributed by atoms with van der Waals surface area (Å²) in [5.74, 6) is 0.638. The van der Waals surface area contributed by atoms with Gasteiger partial charge >= 0.3 is 0 Å². The number of quaternary nitrogens is 1. The lowest BCUT2D eigenvalue weighted by Crippen LogP contribution is -3.17. The van der Waals surface area contributed by atoms with Crippen molar-refractivity contribution >= 4 is 17.4 Å². The first-order chi connectivity index (χ1) is 9.99. The third-order valence-electron chi connectivity index (χ3n) is 4.38. The second kappa shape index (κ2) is 6.85. The lowest BCUT2D eigenvalue weighted by atomic mass is 9.99. The molecule has 3 atom stereocenters. The molecular formula is C17H25N2O2+. The molecule has 2 N–H and O–H groups in total. The van der Waals surface area contributed by atoms with Crippen molar-refractivity contribution < 1.29 is 14.5 Å². The van der Waals surface area contributed by atoms with Gasteiger partial charge < -0.3 is 10.2 Å². The smallest absolute Gasteiger partial charge is 0.282 e. The number of amides is 1. The molecule has 1 aromatic rings. The van der Waals surface area contributed by atoms with Gasteiger partial charge in [-0.15, -0.1) is 0 Å². The highest BCUT2D eigenvalue weighted by atomic mass is 16.2. The number of benzene rings is 1. The molecule has 1 aliphatic heterocycles. The SMILES string of the molecule is CC(=O)c1ccccc1NC(=O)[C@H](C)[NH+]1CCC[C@@H](C)C1. The van der Waals surface area contributed by atoms with E-state index in [2.05, 4.69) is 12.2 Å². The summed E-state index contributed by atoms with van der Waals surface area (Å²) in [6.07, 6.45) is 2.43. The van der Waals surface area contributed by atoms with Crippen molar-refractivity contribution in [3.8, 4) is 0 Å². The molecule has 0 saturated carbocycles. The molecule has 0 bridgehead atoms. The van der Waals surface area contributed by atoms with Crippen LogP contribution in [0.3, 0.4) is 0 Å². The number of likely N-dealkylation sites (tertiary alicyclic amines) is 1. The Morgan fingerprint density at radius 1 is 1.33 bits per heavy atom. The summed E-state index contributed by atoms with van der Waals surface area (Å²) < 4.78 is 0. The molecule has 4 heteroatoms. The molecule has 1 saturated heterocycles. The number of para-hydroxylation sites is 1. The minimum absolute atomic E-state index is 0.00667. The van der Waals surface area contributed by atoms with E-state index in [1.54, 1.807) is 12.1 Å². The van der Waals surface area contributed by atoms with Crippen LogP contribution in [0, 0.1) is 5.92 Å². The average Bonchev–Trinajstić information content (AvgIpc) is 2.46. The molecule has 0 aliphatic carbocycles. The first-order valence-electron chi connectivity index (χ1n) is 7.74. The van der Waals surface area contributed by atoms with Crippen molar-refractivity contribution in [3.63, 3.8) is 0 Å². The molecule has 4 nitrogen and oxygen atoms in total. The maximum Gasteiger partial charge on any atom is 0.282 e. The predicted molar refractivity (Wildman–Crippen MR) is 83.6 cm³/mol. The summed E-state index contributed by atoms with van der Waals surface area (Å²) in [5.41, 5.74) is 1.19. The third-order valence-corrected chi connectivity index (χ3v) is 4.38. The Kier molecular flexibility index (Phi) is 5.12. The number of anilines is 1. The molecule has 1 heterocycles. The molecular weight excluding hydrogens is 264 g/mol. The Morgan fingerprint density at radius 2 is 2.05 bits per heavy atom. The van der Waals surface area contributed by atoms with Crippen molar-refractivity contribution in [2.24, 2.45) is 5.92 Å². The highest BCUT2D eigenvalue weighted by molar-refractivity contribution is 6.04. The lowest BCUT2D eigenvalue weighted by Gasteiger charge is -2.31. The maximum absolute atomic E-state index is 12.4. The van der Waals surface area contributed by atoms with Crippen LogP contribution in [-0.2, 0) is 4.79 Å². The first kappa shape index (κ1) is 15.7. The van der Waals surface area contributed by atoms with Crippen LogP contribution in [0.2, 0.25) is 0 Å². The molecule has 0 radical (unpaired) electrons. The molecule has 1 amide bonds. The molecule has 0 aromatic heterocycles. The fourth-order valence-corrected chi connectivity index (χ4v) is 3.05. The Hall–Kier alpha value is -1.68. The number of carbonyl (C=O) groups excluding carboxylic acids is 2. The minimum atomic E-state index is -0.0900. The highest BCUT2D eigenvalue weighted by Gasteiger charge is 2.29. The molecule has 2 rings (SSSR count). The Balaban J connectivity index is 2.05. The standard InChI is InChI=1S/C17H24N2O2/c1-12-7-6-10-19(11-12)13(2)17(21)18-16-9-5-4-8-15(16)14(3)20/h4-5,8-9,12-13H,6-7,10-11H2,1-3H3,(H,18,21)/p+1/t12-,13+/m1/s1. The van der Waals surface area contributed by atoms with Crippen LogP contribution in [0.5, 0.6) is 0 Å². The normalized spacial score (nSPS) is 23.4. The fourth-order valence-electron chi connectivity index (χ4n) is 3.05. The van der Waals surface area contributed by atoms with Crippen LogP contribution in [0.4, 0.5) is 5.69 Å². The largest absolute Gasteiger partial charge is 0.325 e. The zero-order valence-corrected chi connectivity index (χ0v) is 13.1. The Labute approximate surface area is 126 Å². The van der Waals surface area contributed by atoms with Gasteiger partial charge in [-0.2, -0.15) is 0 Å². The summed E-state index contributed by atoms with van der Waals surface area (Å²) in [4.78, 5) is 25.4. The minimum Gasteiger partial charge on any atom is -0.325 e. The second-order valence-electron chi connectivity index (χ2n) is 6.17. The van der Waals surface area contributed by atoms with Crippen molar-refractivity contribution in [3.05, 3.63) is 29.8 Å². The lowest BCUT2D eigenvalue weighted by molar-refractivity contribution is -0.922. The van der Waals surface area contributed by atoms with Crippen LogP contribution in [-0.4, -0.2) is 30.8 Å². The molecule has 1 fully saturated rings. The van der Waals surface area contributed by atoms with E-state index in [1.807, 2.05) is 19.1 Å². The van der Waals surface area contributed by atoms with Crippen LogP contribution in [0.15, 0.2) is 24.3 Å². The van der Waals surface area contributed by atoms with Gasteiger partial charge in [-0.25, -0.2) is 0 Å². The monoisotopic (exact) mass is 289 g/mol.